The average molecular weight is 378 g/mol. The van der Waals surface area contributed by atoms with Crippen LogP contribution in [0.3, 0.4) is 0 Å². The van der Waals surface area contributed by atoms with Crippen LogP contribution in [0.1, 0.15) is 11.3 Å². The van der Waals surface area contributed by atoms with E-state index in [0.717, 1.165) is 11.3 Å². The third kappa shape index (κ3) is 4.61. The predicted octanol–water partition coefficient (Wildman–Crippen LogP) is 3.73. The van der Waals surface area contributed by atoms with Crippen molar-refractivity contribution in [1.29, 1.82) is 0 Å². The molecule has 8 heteroatoms. The van der Waals surface area contributed by atoms with Gasteiger partial charge in [0.05, 0.1) is 23.2 Å². The van der Waals surface area contributed by atoms with E-state index in [9.17, 15) is 14.9 Å². The molecular formula is C20H18N4O4. The first-order chi connectivity index (χ1) is 13.5. The number of carbonyl (C=O) groups excluding carboxylic acids is 1. The first-order valence-electron chi connectivity index (χ1n) is 8.49. The van der Waals surface area contributed by atoms with Crippen molar-refractivity contribution in [3.05, 3.63) is 82.1 Å². The molecule has 0 fully saturated rings. The summed E-state index contributed by atoms with van der Waals surface area (Å²) in [5.74, 6) is 0.395. The molecule has 2 aromatic carbocycles. The fourth-order valence-corrected chi connectivity index (χ4v) is 2.56. The van der Waals surface area contributed by atoms with Gasteiger partial charge in [-0.15, -0.1) is 0 Å². The summed E-state index contributed by atoms with van der Waals surface area (Å²) in [7, 11) is 0. The first-order valence-corrected chi connectivity index (χ1v) is 8.49. The van der Waals surface area contributed by atoms with E-state index >= 15 is 0 Å². The van der Waals surface area contributed by atoms with Gasteiger partial charge >= 0.3 is 0 Å². The van der Waals surface area contributed by atoms with Crippen molar-refractivity contribution >= 4 is 23.5 Å². The van der Waals surface area contributed by atoms with Crippen molar-refractivity contribution in [3.8, 4) is 11.3 Å². The van der Waals surface area contributed by atoms with Crippen LogP contribution in [0.25, 0.3) is 11.3 Å². The van der Waals surface area contributed by atoms with Gasteiger partial charge in [0.2, 0.25) is 0 Å². The molecule has 3 aromatic rings. The molecule has 3 rings (SSSR count). The topological polar surface area (TPSA) is 110 Å². The van der Waals surface area contributed by atoms with Crippen LogP contribution in [-0.4, -0.2) is 23.6 Å². The van der Waals surface area contributed by atoms with Crippen LogP contribution < -0.4 is 10.7 Å². The summed E-state index contributed by atoms with van der Waals surface area (Å²) in [6, 6.07) is 17.2. The maximum Gasteiger partial charge on any atom is 0.280 e. The highest BCUT2D eigenvalue weighted by molar-refractivity contribution is 5.83. The lowest BCUT2D eigenvalue weighted by Crippen LogP contribution is -2.26. The van der Waals surface area contributed by atoms with Gasteiger partial charge in [-0.1, -0.05) is 30.3 Å². The van der Waals surface area contributed by atoms with Crippen molar-refractivity contribution in [2.45, 2.75) is 6.92 Å². The minimum absolute atomic E-state index is 0.0454. The van der Waals surface area contributed by atoms with Gasteiger partial charge in [-0.2, -0.15) is 5.10 Å². The maximum absolute atomic E-state index is 11.9. The molecule has 0 unspecified atom stereocenters. The van der Waals surface area contributed by atoms with Crippen LogP contribution in [0.5, 0.6) is 0 Å². The summed E-state index contributed by atoms with van der Waals surface area (Å²) >= 11 is 0. The van der Waals surface area contributed by atoms with E-state index < -0.39 is 4.92 Å². The van der Waals surface area contributed by atoms with Crippen LogP contribution >= 0.6 is 0 Å². The molecule has 0 aliphatic carbocycles. The van der Waals surface area contributed by atoms with Gasteiger partial charge in [0.25, 0.3) is 11.6 Å². The predicted molar refractivity (Wildman–Crippen MR) is 106 cm³/mol. The molecule has 2 N–H and O–H groups in total. The largest absolute Gasteiger partial charge is 0.455 e. The molecule has 0 bridgehead atoms. The van der Waals surface area contributed by atoms with Crippen LogP contribution in [-0.2, 0) is 4.79 Å². The Bertz CT molecular complexity index is 1030. The van der Waals surface area contributed by atoms with Gasteiger partial charge in [-0.3, -0.25) is 14.9 Å². The molecule has 0 aliphatic rings. The Hall–Kier alpha value is -3.94. The van der Waals surface area contributed by atoms with Gasteiger partial charge in [0.1, 0.15) is 11.5 Å². The molecule has 0 saturated heterocycles. The Kier molecular flexibility index (Phi) is 5.81. The second-order valence-corrected chi connectivity index (χ2v) is 5.94. The first kappa shape index (κ1) is 18.8. The lowest BCUT2D eigenvalue weighted by atomic mass is 10.1. The summed E-state index contributed by atoms with van der Waals surface area (Å²) in [5, 5.41) is 18.0. The standard InChI is InChI=1S/C20H18N4O4/c1-14-6-2-4-8-17(14)21-13-20(25)23-22-12-15-10-11-19(28-15)16-7-3-5-9-18(16)24(26)27/h2-12,21H,13H2,1H3,(H,23,25). The van der Waals surface area contributed by atoms with E-state index in [2.05, 4.69) is 15.8 Å². The van der Waals surface area contributed by atoms with Crippen molar-refractivity contribution in [2.75, 3.05) is 11.9 Å². The number of hydrazone groups is 1. The Labute approximate surface area is 161 Å². The minimum atomic E-state index is -0.465. The average Bonchev–Trinajstić information content (AvgIpc) is 3.16. The maximum atomic E-state index is 11.9. The molecule has 1 aromatic heterocycles. The second kappa shape index (κ2) is 8.63. The lowest BCUT2D eigenvalue weighted by molar-refractivity contribution is -0.384. The minimum Gasteiger partial charge on any atom is -0.455 e. The molecule has 1 amide bonds. The normalized spacial score (nSPS) is 10.8. The number of carbonyl (C=O) groups is 1. The molecule has 0 atom stereocenters. The zero-order chi connectivity index (χ0) is 19.9. The quantitative estimate of drug-likeness (QED) is 0.370. The number of hydrogen-bond donors (Lipinski definition) is 2. The smallest absolute Gasteiger partial charge is 0.280 e. The Morgan fingerprint density at radius 1 is 1.14 bits per heavy atom. The summed E-state index contributed by atoms with van der Waals surface area (Å²) in [5.41, 5.74) is 4.64. The van der Waals surface area contributed by atoms with Crippen molar-refractivity contribution in [2.24, 2.45) is 5.10 Å². The van der Waals surface area contributed by atoms with Crippen LogP contribution in [0.4, 0.5) is 11.4 Å². The summed E-state index contributed by atoms with van der Waals surface area (Å²) in [6.45, 7) is 2.02. The summed E-state index contributed by atoms with van der Waals surface area (Å²) < 4.78 is 5.57. The third-order valence-electron chi connectivity index (χ3n) is 3.96. The van der Waals surface area contributed by atoms with E-state index in [-0.39, 0.29) is 18.1 Å². The number of nitro groups is 1. The van der Waals surface area contributed by atoms with Gasteiger partial charge in [0, 0.05) is 11.8 Å². The molecule has 28 heavy (non-hydrogen) atoms. The fraction of sp³-hybridized carbons (Fsp3) is 0.100. The summed E-state index contributed by atoms with van der Waals surface area (Å²) in [4.78, 5) is 22.5. The number of amides is 1. The zero-order valence-electron chi connectivity index (χ0n) is 15.1. The van der Waals surface area contributed by atoms with Crippen LogP contribution in [0.2, 0.25) is 0 Å². The highest BCUT2D eigenvalue weighted by atomic mass is 16.6. The molecule has 0 spiro atoms. The third-order valence-corrected chi connectivity index (χ3v) is 3.96. The van der Waals surface area contributed by atoms with Crippen LogP contribution in [0.15, 0.2) is 70.2 Å². The van der Waals surface area contributed by atoms with Crippen molar-refractivity contribution < 1.29 is 14.1 Å². The van der Waals surface area contributed by atoms with E-state index in [4.69, 9.17) is 4.42 Å². The SMILES string of the molecule is Cc1ccccc1NCC(=O)NN=Cc1ccc(-c2ccccc2[N+](=O)[O-])o1. The molecule has 0 radical (unpaired) electrons. The highest BCUT2D eigenvalue weighted by Gasteiger charge is 2.16. The number of nitrogens with one attached hydrogen (secondary N) is 2. The zero-order valence-corrected chi connectivity index (χ0v) is 15.1. The summed E-state index contributed by atoms with van der Waals surface area (Å²) in [6.07, 6.45) is 1.34. The number of aryl methyl sites for hydroxylation is 1. The van der Waals surface area contributed by atoms with Gasteiger partial charge in [-0.05, 0) is 36.8 Å². The van der Waals surface area contributed by atoms with E-state index in [0.29, 0.717) is 17.1 Å². The van der Waals surface area contributed by atoms with Gasteiger partial charge in [0.15, 0.2) is 0 Å². The van der Waals surface area contributed by atoms with E-state index in [1.807, 2.05) is 31.2 Å². The molecule has 0 saturated carbocycles. The van der Waals surface area contributed by atoms with E-state index in [1.165, 1.54) is 12.3 Å². The number of nitrogens with zero attached hydrogens (tertiary/aromatic N) is 2. The lowest BCUT2D eigenvalue weighted by Gasteiger charge is -2.07. The van der Waals surface area contributed by atoms with Crippen LogP contribution in [0, 0.1) is 17.0 Å². The monoisotopic (exact) mass is 378 g/mol. The van der Waals surface area contributed by atoms with Gasteiger partial charge in [-0.25, -0.2) is 5.43 Å². The number of rotatable bonds is 7. The molecule has 1 heterocycles. The van der Waals surface area contributed by atoms with Gasteiger partial charge < -0.3 is 9.73 Å². The van der Waals surface area contributed by atoms with Crippen molar-refractivity contribution in [1.82, 2.24) is 5.43 Å². The molecule has 0 aliphatic heterocycles. The number of benzene rings is 2. The number of furan rings is 1. The Balaban J connectivity index is 1.58. The Morgan fingerprint density at radius 2 is 1.89 bits per heavy atom. The Morgan fingerprint density at radius 3 is 2.68 bits per heavy atom. The highest BCUT2D eigenvalue weighted by Crippen LogP contribution is 2.30. The molecule has 8 nitrogen and oxygen atoms in total. The number of nitro benzene ring substituents is 1. The molecular weight excluding hydrogens is 360 g/mol. The number of para-hydroxylation sites is 2. The fourth-order valence-electron chi connectivity index (χ4n) is 2.56. The number of anilines is 1. The second-order valence-electron chi connectivity index (χ2n) is 5.94. The van der Waals surface area contributed by atoms with Crippen molar-refractivity contribution in [3.63, 3.8) is 0 Å². The van der Waals surface area contributed by atoms with E-state index in [1.54, 1.807) is 30.3 Å². The number of hydrogen-bond acceptors (Lipinski definition) is 6. The molecule has 142 valence electrons.